The molecule has 24 heavy (non-hydrogen) atoms. The molecular weight excluding hydrogens is 384 g/mol. The second-order valence-corrected chi connectivity index (χ2v) is 12.2. The van der Waals surface area contributed by atoms with E-state index < -0.39 is 54.7 Å². The molecule has 0 saturated heterocycles. The first-order valence-corrected chi connectivity index (χ1v) is 12.3. The molecule has 0 bridgehead atoms. The molecule has 0 radical (unpaired) electrons. The van der Waals surface area contributed by atoms with Gasteiger partial charge in [0.2, 0.25) is 13.6 Å². The van der Waals surface area contributed by atoms with Gasteiger partial charge in [0.25, 0.3) is 10.1 Å². The topological polar surface area (TPSA) is 164 Å². The van der Waals surface area contributed by atoms with Crippen LogP contribution in [0.15, 0.2) is 0 Å². The van der Waals surface area contributed by atoms with Crippen molar-refractivity contribution in [2.24, 2.45) is 5.41 Å². The summed E-state index contributed by atoms with van der Waals surface area (Å²) >= 11 is 0. The minimum Gasteiger partial charge on any atom is -0.481 e. The Kier molecular flexibility index (Phi) is 9.38. The van der Waals surface area contributed by atoms with Crippen molar-refractivity contribution in [2.45, 2.75) is 32.9 Å². The Morgan fingerprint density at radius 3 is 2.25 bits per heavy atom. The number of amides is 1. The summed E-state index contributed by atoms with van der Waals surface area (Å²) in [7, 11) is -10.9. The van der Waals surface area contributed by atoms with Crippen LogP contribution in [-0.4, -0.2) is 54.9 Å². The highest BCUT2D eigenvalue weighted by molar-refractivity contribution is 8.16. The summed E-state index contributed by atoms with van der Waals surface area (Å²) in [6.07, 6.45) is 0.103. The normalized spacial score (nSPS) is 16.2. The maximum atomic E-state index is 11.8. The van der Waals surface area contributed by atoms with Gasteiger partial charge in [-0.15, -0.1) is 0 Å². The van der Waals surface area contributed by atoms with Crippen molar-refractivity contribution in [3.05, 3.63) is 0 Å². The molecule has 0 saturated carbocycles. The molecule has 2 unspecified atom stereocenters. The molecule has 0 aromatic carbocycles. The molecule has 1 amide bonds. The molecular formula is C11H23NO9P2S. The van der Waals surface area contributed by atoms with Crippen molar-refractivity contribution >= 4 is 37.2 Å². The van der Waals surface area contributed by atoms with Crippen LogP contribution in [-0.2, 0) is 33.0 Å². The second-order valence-electron chi connectivity index (χ2n) is 5.79. The molecule has 0 heterocycles. The van der Waals surface area contributed by atoms with E-state index in [4.69, 9.17) is 14.2 Å². The lowest BCUT2D eigenvalue weighted by atomic mass is 9.90. The number of aliphatic carboxylic acids is 1. The zero-order valence-corrected chi connectivity index (χ0v) is 16.4. The summed E-state index contributed by atoms with van der Waals surface area (Å²) < 4.78 is 51.0. The van der Waals surface area contributed by atoms with E-state index >= 15 is 0 Å². The maximum Gasteiger partial charge on any atom is 0.314 e. The van der Waals surface area contributed by atoms with Crippen LogP contribution in [0.3, 0.4) is 0 Å². The Bertz CT molecular complexity index is 617. The zero-order valence-electron chi connectivity index (χ0n) is 13.6. The SMILES string of the molecule is CC(=O)NCCCS(=O)(=O)OCC(C)(C)[C@H](C(=O)O)[PH](=O)[PH](=O)O. The van der Waals surface area contributed by atoms with Gasteiger partial charge in [-0.05, 0) is 6.42 Å². The van der Waals surface area contributed by atoms with Gasteiger partial charge in [0, 0.05) is 18.9 Å². The number of rotatable bonds is 11. The number of carbonyl (C=O) groups excluding carboxylic acids is 1. The van der Waals surface area contributed by atoms with Gasteiger partial charge in [-0.25, -0.2) is 0 Å². The van der Waals surface area contributed by atoms with E-state index in [2.05, 4.69) is 5.32 Å². The highest BCUT2D eigenvalue weighted by Crippen LogP contribution is 2.56. The van der Waals surface area contributed by atoms with Gasteiger partial charge in [0.05, 0.1) is 12.4 Å². The predicted octanol–water partition coefficient (Wildman–Crippen LogP) is 0.280. The van der Waals surface area contributed by atoms with E-state index in [1.165, 1.54) is 20.8 Å². The lowest BCUT2D eigenvalue weighted by molar-refractivity contribution is -0.139. The molecule has 142 valence electrons. The summed E-state index contributed by atoms with van der Waals surface area (Å²) in [5.41, 5.74) is -3.12. The number of nitrogens with one attached hydrogen (secondary N) is 1. The van der Waals surface area contributed by atoms with Crippen LogP contribution in [0.5, 0.6) is 0 Å². The lowest BCUT2D eigenvalue weighted by Gasteiger charge is -2.29. The first-order chi connectivity index (χ1) is 10.8. The van der Waals surface area contributed by atoms with E-state index in [1.807, 2.05) is 0 Å². The Balaban J connectivity index is 4.84. The van der Waals surface area contributed by atoms with Crippen molar-refractivity contribution in [2.75, 3.05) is 18.9 Å². The highest BCUT2D eigenvalue weighted by atomic mass is 32.2. The number of carboxylic acid groups (broad SMARTS) is 1. The van der Waals surface area contributed by atoms with Crippen molar-refractivity contribution in [1.29, 1.82) is 0 Å². The van der Waals surface area contributed by atoms with Gasteiger partial charge in [-0.1, -0.05) is 13.8 Å². The van der Waals surface area contributed by atoms with Crippen LogP contribution in [0.4, 0.5) is 0 Å². The van der Waals surface area contributed by atoms with Crippen molar-refractivity contribution in [3.63, 3.8) is 0 Å². The zero-order chi connectivity index (χ0) is 19.1. The Morgan fingerprint density at radius 1 is 1.29 bits per heavy atom. The molecule has 0 aliphatic rings. The number of hydrogen-bond acceptors (Lipinski definition) is 7. The molecule has 0 aliphatic heterocycles. The quantitative estimate of drug-likeness (QED) is 0.248. The van der Waals surface area contributed by atoms with Gasteiger partial charge < -0.3 is 19.9 Å². The maximum absolute atomic E-state index is 11.8. The fraction of sp³-hybridized carbons (Fsp3) is 0.818. The third kappa shape index (κ3) is 8.39. The summed E-state index contributed by atoms with van der Waals surface area (Å²) in [6, 6.07) is 0. The summed E-state index contributed by atoms with van der Waals surface area (Å²) in [5.74, 6) is -2.25. The Labute approximate surface area is 141 Å². The van der Waals surface area contributed by atoms with Crippen LogP contribution < -0.4 is 5.32 Å². The summed E-state index contributed by atoms with van der Waals surface area (Å²) in [6.45, 7) is 3.42. The lowest BCUT2D eigenvalue weighted by Crippen LogP contribution is -2.38. The minimum absolute atomic E-state index is 0.103. The number of carboxylic acids is 1. The molecule has 3 N–H and O–H groups in total. The number of carbonyl (C=O) groups is 2. The van der Waals surface area contributed by atoms with E-state index in [9.17, 15) is 27.1 Å². The average Bonchev–Trinajstić information content (AvgIpc) is 2.41. The van der Waals surface area contributed by atoms with Gasteiger partial charge >= 0.3 is 5.97 Å². The van der Waals surface area contributed by atoms with Gasteiger partial charge in [0.15, 0.2) is 7.49 Å². The standard InChI is InChI=1S/C11H23NO9P2S/c1-8(13)12-5-4-6-24(19,20)21-7-11(2,3)9(10(14)15)22(16)23(17)18/h9,22-23H,4-7H2,1-3H3,(H,12,13)(H,14,15)(H,17,18)/t9-/m0/s1. The van der Waals surface area contributed by atoms with Crippen molar-refractivity contribution in [1.82, 2.24) is 5.32 Å². The molecule has 0 spiro atoms. The first kappa shape index (κ1) is 23.3. The molecule has 0 fully saturated rings. The Hall–Kier alpha value is -0.730. The largest absolute Gasteiger partial charge is 0.481 e. The predicted molar refractivity (Wildman–Crippen MR) is 88.5 cm³/mol. The van der Waals surface area contributed by atoms with Gasteiger partial charge in [-0.3, -0.25) is 18.3 Å². The van der Waals surface area contributed by atoms with Crippen molar-refractivity contribution in [3.8, 4) is 0 Å². The van der Waals surface area contributed by atoms with E-state index in [1.54, 1.807) is 0 Å². The van der Waals surface area contributed by atoms with Gasteiger partial charge in [-0.2, -0.15) is 8.42 Å². The molecule has 13 heteroatoms. The fourth-order valence-corrected chi connectivity index (χ4v) is 6.47. The monoisotopic (exact) mass is 407 g/mol. The average molecular weight is 407 g/mol. The van der Waals surface area contributed by atoms with E-state index in [-0.39, 0.29) is 18.9 Å². The first-order valence-electron chi connectivity index (χ1n) is 6.91. The highest BCUT2D eigenvalue weighted by Gasteiger charge is 2.42. The molecule has 0 rings (SSSR count). The van der Waals surface area contributed by atoms with Crippen LogP contribution >= 0.6 is 15.2 Å². The minimum atomic E-state index is -3.99. The summed E-state index contributed by atoms with van der Waals surface area (Å²) in [4.78, 5) is 30.8. The van der Waals surface area contributed by atoms with Crippen LogP contribution in [0.2, 0.25) is 0 Å². The smallest absolute Gasteiger partial charge is 0.314 e. The van der Waals surface area contributed by atoms with Crippen LogP contribution in [0, 0.1) is 5.41 Å². The number of hydrogen-bond donors (Lipinski definition) is 3. The van der Waals surface area contributed by atoms with Crippen molar-refractivity contribution < 1.29 is 41.3 Å². The van der Waals surface area contributed by atoms with E-state index in [0.29, 0.717) is 0 Å². The van der Waals surface area contributed by atoms with Crippen LogP contribution in [0.25, 0.3) is 0 Å². The van der Waals surface area contributed by atoms with E-state index in [0.717, 1.165) is 0 Å². The molecule has 0 aromatic rings. The molecule has 0 aliphatic carbocycles. The van der Waals surface area contributed by atoms with Crippen LogP contribution in [0.1, 0.15) is 27.2 Å². The molecule has 3 atom stereocenters. The van der Waals surface area contributed by atoms with Gasteiger partial charge in [0.1, 0.15) is 5.66 Å². The second kappa shape index (κ2) is 9.68. The third-order valence-corrected chi connectivity index (χ3v) is 8.43. The Morgan fingerprint density at radius 2 is 1.83 bits per heavy atom. The fourth-order valence-electron chi connectivity index (χ4n) is 1.82. The summed E-state index contributed by atoms with van der Waals surface area (Å²) in [5, 5.41) is 11.5. The molecule has 10 nitrogen and oxygen atoms in total. The molecule has 0 aromatic heterocycles. The third-order valence-electron chi connectivity index (χ3n) is 3.06.